The minimum atomic E-state index is -1.04. The van der Waals surface area contributed by atoms with Gasteiger partial charge in [-0.25, -0.2) is 4.79 Å². The van der Waals surface area contributed by atoms with Crippen LogP contribution in [0.15, 0.2) is 42.5 Å². The molecule has 2 aromatic rings. The van der Waals surface area contributed by atoms with Crippen LogP contribution in [0.3, 0.4) is 0 Å². The van der Waals surface area contributed by atoms with Crippen LogP contribution in [0.2, 0.25) is 0 Å². The van der Waals surface area contributed by atoms with E-state index in [0.29, 0.717) is 12.0 Å². The topological polar surface area (TPSA) is 66.4 Å². The van der Waals surface area contributed by atoms with Crippen LogP contribution in [-0.2, 0) is 9.59 Å². The van der Waals surface area contributed by atoms with Gasteiger partial charge in [-0.2, -0.15) is 23.5 Å². The Balaban J connectivity index is 1.73. The lowest BCUT2D eigenvalue weighted by Crippen LogP contribution is -2.35. The Kier molecular flexibility index (Phi) is 5.68. The zero-order chi connectivity index (χ0) is 16.9. The second-order valence-corrected chi connectivity index (χ2v) is 8.28. The zero-order valence-corrected chi connectivity index (χ0v) is 14.7. The fraction of sp³-hybridized carbons (Fsp3) is 0.333. The Hall–Kier alpha value is -1.66. The molecule has 1 heterocycles. The SMILES string of the molecule is O=C(CC1CSCCS1)NC(C(=O)O)c1ccc2ccccc2c1. The van der Waals surface area contributed by atoms with Crippen LogP contribution in [0.1, 0.15) is 18.0 Å². The summed E-state index contributed by atoms with van der Waals surface area (Å²) in [5.41, 5.74) is 0.597. The molecular weight excluding hydrogens is 342 g/mol. The van der Waals surface area contributed by atoms with E-state index in [-0.39, 0.29) is 11.2 Å². The highest BCUT2D eigenvalue weighted by atomic mass is 32.2. The van der Waals surface area contributed by atoms with E-state index in [4.69, 9.17) is 0 Å². The van der Waals surface area contributed by atoms with Gasteiger partial charge < -0.3 is 10.4 Å². The molecule has 0 radical (unpaired) electrons. The maximum atomic E-state index is 12.3. The fourth-order valence-corrected chi connectivity index (χ4v) is 5.44. The number of rotatable bonds is 5. The van der Waals surface area contributed by atoms with Crippen LogP contribution in [0.25, 0.3) is 10.8 Å². The molecule has 0 bridgehead atoms. The van der Waals surface area contributed by atoms with E-state index >= 15 is 0 Å². The fourth-order valence-electron chi connectivity index (χ4n) is 2.76. The van der Waals surface area contributed by atoms with Crippen LogP contribution in [0.4, 0.5) is 0 Å². The summed E-state index contributed by atoms with van der Waals surface area (Å²) < 4.78 is 0. The highest BCUT2D eigenvalue weighted by Gasteiger charge is 2.25. The van der Waals surface area contributed by atoms with Gasteiger partial charge in [0.1, 0.15) is 0 Å². The third kappa shape index (κ3) is 4.24. The molecule has 0 aliphatic carbocycles. The molecule has 1 saturated heterocycles. The average molecular weight is 361 g/mol. The summed E-state index contributed by atoms with van der Waals surface area (Å²) in [7, 11) is 0. The lowest BCUT2D eigenvalue weighted by molar-refractivity contribution is -0.142. The standard InChI is InChI=1S/C18H19NO3S2/c20-16(10-15-11-23-7-8-24-15)19-17(18(21)22)14-6-5-12-3-1-2-4-13(12)9-14/h1-6,9,15,17H,7-8,10-11H2,(H,19,20)(H,21,22). The van der Waals surface area contributed by atoms with Crippen molar-refractivity contribution in [2.45, 2.75) is 17.7 Å². The van der Waals surface area contributed by atoms with Crippen molar-refractivity contribution in [1.82, 2.24) is 5.32 Å². The number of hydrogen-bond donors (Lipinski definition) is 2. The smallest absolute Gasteiger partial charge is 0.330 e. The number of carbonyl (C=O) groups excluding carboxylic acids is 1. The first-order valence-corrected chi connectivity index (χ1v) is 10.0. The van der Waals surface area contributed by atoms with Gasteiger partial charge in [-0.1, -0.05) is 36.4 Å². The van der Waals surface area contributed by atoms with Gasteiger partial charge in [-0.05, 0) is 22.4 Å². The molecule has 2 N–H and O–H groups in total. The van der Waals surface area contributed by atoms with Gasteiger partial charge in [-0.15, -0.1) is 0 Å². The van der Waals surface area contributed by atoms with Gasteiger partial charge in [-0.3, -0.25) is 4.79 Å². The predicted molar refractivity (Wildman–Crippen MR) is 101 cm³/mol. The van der Waals surface area contributed by atoms with Crippen molar-refractivity contribution in [3.63, 3.8) is 0 Å². The summed E-state index contributed by atoms with van der Waals surface area (Å²) in [5, 5.41) is 14.5. The number of fused-ring (bicyclic) bond motifs is 1. The monoisotopic (exact) mass is 361 g/mol. The Morgan fingerprint density at radius 3 is 2.67 bits per heavy atom. The Labute approximate surface area is 149 Å². The molecule has 1 amide bonds. The molecule has 2 atom stereocenters. The van der Waals surface area contributed by atoms with Gasteiger partial charge in [0.15, 0.2) is 6.04 Å². The Bertz CT molecular complexity index is 744. The van der Waals surface area contributed by atoms with E-state index in [0.717, 1.165) is 28.0 Å². The molecule has 1 aliphatic rings. The van der Waals surface area contributed by atoms with Crippen LogP contribution in [0.5, 0.6) is 0 Å². The van der Waals surface area contributed by atoms with Gasteiger partial charge in [0.2, 0.25) is 5.91 Å². The molecule has 3 rings (SSSR count). The minimum Gasteiger partial charge on any atom is -0.479 e. The molecule has 126 valence electrons. The van der Waals surface area contributed by atoms with E-state index < -0.39 is 12.0 Å². The molecular formula is C18H19NO3S2. The van der Waals surface area contributed by atoms with Crippen molar-refractivity contribution in [1.29, 1.82) is 0 Å². The van der Waals surface area contributed by atoms with Gasteiger partial charge in [0.25, 0.3) is 0 Å². The number of carbonyl (C=O) groups is 2. The van der Waals surface area contributed by atoms with Gasteiger partial charge in [0, 0.05) is 28.9 Å². The Morgan fingerprint density at radius 2 is 1.96 bits per heavy atom. The maximum absolute atomic E-state index is 12.3. The second-order valence-electron chi connectivity index (χ2n) is 5.72. The summed E-state index contributed by atoms with van der Waals surface area (Å²) in [5.74, 6) is 1.89. The van der Waals surface area contributed by atoms with Crippen LogP contribution in [-0.4, -0.2) is 39.5 Å². The molecule has 0 spiro atoms. The van der Waals surface area contributed by atoms with Crippen LogP contribution >= 0.6 is 23.5 Å². The number of amides is 1. The zero-order valence-electron chi connectivity index (χ0n) is 13.1. The highest BCUT2D eigenvalue weighted by molar-refractivity contribution is 8.06. The van der Waals surface area contributed by atoms with Gasteiger partial charge >= 0.3 is 5.97 Å². The summed E-state index contributed by atoms with van der Waals surface area (Å²) in [6.07, 6.45) is 0.370. The predicted octanol–water partition coefficient (Wildman–Crippen LogP) is 3.32. The number of carboxylic acid groups (broad SMARTS) is 1. The normalized spacial score (nSPS) is 18.9. The lowest BCUT2D eigenvalue weighted by atomic mass is 10.0. The first kappa shape index (κ1) is 17.2. The third-order valence-corrected chi connectivity index (χ3v) is 6.80. The molecule has 6 heteroatoms. The molecule has 4 nitrogen and oxygen atoms in total. The molecule has 1 fully saturated rings. The molecule has 2 aromatic carbocycles. The van der Waals surface area contributed by atoms with E-state index in [2.05, 4.69) is 5.32 Å². The number of thioether (sulfide) groups is 2. The number of aliphatic carboxylic acids is 1. The summed E-state index contributed by atoms with van der Waals surface area (Å²) in [6, 6.07) is 12.3. The van der Waals surface area contributed by atoms with E-state index in [1.807, 2.05) is 48.2 Å². The Morgan fingerprint density at radius 1 is 1.17 bits per heavy atom. The molecule has 0 aromatic heterocycles. The van der Waals surface area contributed by atoms with Gasteiger partial charge in [0.05, 0.1) is 0 Å². The maximum Gasteiger partial charge on any atom is 0.330 e. The summed E-state index contributed by atoms with van der Waals surface area (Å²) >= 11 is 3.65. The van der Waals surface area contributed by atoms with E-state index in [1.54, 1.807) is 17.8 Å². The van der Waals surface area contributed by atoms with Crippen LogP contribution in [0, 0.1) is 0 Å². The number of nitrogens with one attached hydrogen (secondary N) is 1. The largest absolute Gasteiger partial charge is 0.479 e. The molecule has 0 saturated carbocycles. The second kappa shape index (κ2) is 7.94. The number of carboxylic acids is 1. The number of benzene rings is 2. The van der Waals surface area contributed by atoms with Crippen LogP contribution < -0.4 is 5.32 Å². The van der Waals surface area contributed by atoms with Crippen molar-refractivity contribution in [3.8, 4) is 0 Å². The first-order chi connectivity index (χ1) is 11.6. The quantitative estimate of drug-likeness (QED) is 0.855. The molecule has 24 heavy (non-hydrogen) atoms. The highest BCUT2D eigenvalue weighted by Crippen LogP contribution is 2.27. The lowest BCUT2D eigenvalue weighted by Gasteiger charge is -2.22. The van der Waals surface area contributed by atoms with Crippen molar-refractivity contribution in [2.24, 2.45) is 0 Å². The van der Waals surface area contributed by atoms with Crippen molar-refractivity contribution in [3.05, 3.63) is 48.0 Å². The van der Waals surface area contributed by atoms with Crippen molar-refractivity contribution < 1.29 is 14.7 Å². The average Bonchev–Trinajstić information content (AvgIpc) is 2.60. The molecule has 2 unspecified atom stereocenters. The minimum absolute atomic E-state index is 0.199. The summed E-state index contributed by atoms with van der Waals surface area (Å²) in [4.78, 5) is 23.9. The third-order valence-electron chi connectivity index (χ3n) is 3.96. The van der Waals surface area contributed by atoms with E-state index in [9.17, 15) is 14.7 Å². The van der Waals surface area contributed by atoms with Crippen molar-refractivity contribution >= 4 is 46.2 Å². The van der Waals surface area contributed by atoms with Crippen molar-refractivity contribution in [2.75, 3.05) is 17.3 Å². The first-order valence-electron chi connectivity index (χ1n) is 7.84. The van der Waals surface area contributed by atoms with E-state index in [1.165, 1.54) is 0 Å². The summed E-state index contributed by atoms with van der Waals surface area (Å²) in [6.45, 7) is 0. The number of hydrogen-bond acceptors (Lipinski definition) is 4. The molecule has 1 aliphatic heterocycles.